The maximum atomic E-state index is 14.4. The van der Waals surface area contributed by atoms with Gasteiger partial charge in [0.1, 0.15) is 17.5 Å². The Morgan fingerprint density at radius 2 is 1.37 bits per heavy atom. The predicted molar refractivity (Wildman–Crippen MR) is 103 cm³/mol. The molecule has 0 aliphatic rings. The summed E-state index contributed by atoms with van der Waals surface area (Å²) in [6, 6.07) is 11.7. The lowest BCUT2D eigenvalue weighted by Crippen LogP contribution is -2.07. The minimum Gasteiger partial charge on any atom is -0.206 e. The van der Waals surface area contributed by atoms with Gasteiger partial charge in [0.2, 0.25) is 0 Å². The van der Waals surface area contributed by atoms with E-state index in [1.54, 1.807) is 12.1 Å². The van der Waals surface area contributed by atoms with Crippen LogP contribution in [0.15, 0.2) is 54.6 Å². The van der Waals surface area contributed by atoms with Crippen molar-refractivity contribution >= 4 is 0 Å². The summed E-state index contributed by atoms with van der Waals surface area (Å²) in [6.45, 7) is 2.05. The highest BCUT2D eigenvalue weighted by Crippen LogP contribution is 2.31. The molecule has 6 heteroatoms. The molecule has 3 aromatic rings. The van der Waals surface area contributed by atoms with E-state index in [0.29, 0.717) is 23.3 Å². The molecule has 0 unspecified atom stereocenters. The molecule has 0 N–H and O–H groups in total. The second kappa shape index (κ2) is 8.66. The molecule has 0 amide bonds. The molecule has 0 aliphatic carbocycles. The summed E-state index contributed by atoms with van der Waals surface area (Å²) in [4.78, 5) is 0. The molecule has 0 spiro atoms. The molecule has 30 heavy (non-hydrogen) atoms. The Hall–Kier alpha value is -3.20. The molecule has 0 bridgehead atoms. The van der Waals surface area contributed by atoms with Crippen LogP contribution >= 0.6 is 0 Å². The molecule has 0 saturated carbocycles. The lowest BCUT2D eigenvalue weighted by molar-refractivity contribution is -0.140. The maximum Gasteiger partial charge on any atom is 0.419 e. The van der Waals surface area contributed by atoms with Crippen LogP contribution in [0.1, 0.15) is 35.6 Å². The fourth-order valence-electron chi connectivity index (χ4n) is 2.97. The molecule has 0 fully saturated rings. The molecule has 3 rings (SSSR count). The third-order valence-corrected chi connectivity index (χ3v) is 4.47. The van der Waals surface area contributed by atoms with E-state index in [1.807, 2.05) is 12.1 Å². The summed E-state index contributed by atoms with van der Waals surface area (Å²) >= 11 is 0. The molecular formula is C24H16F6. The number of hydrogen-bond donors (Lipinski definition) is 0. The first-order chi connectivity index (χ1) is 14.2. The van der Waals surface area contributed by atoms with Crippen LogP contribution < -0.4 is 0 Å². The van der Waals surface area contributed by atoms with Gasteiger partial charge in [0, 0.05) is 5.56 Å². The highest BCUT2D eigenvalue weighted by molar-refractivity contribution is 5.65. The molecule has 0 heterocycles. The topological polar surface area (TPSA) is 0 Å². The fraction of sp³-hybridized carbons (Fsp3) is 0.167. The van der Waals surface area contributed by atoms with Gasteiger partial charge in [-0.3, -0.25) is 0 Å². The normalized spacial score (nSPS) is 11.2. The van der Waals surface area contributed by atoms with Crippen molar-refractivity contribution in [3.8, 4) is 23.0 Å². The minimum atomic E-state index is -4.83. The van der Waals surface area contributed by atoms with Crippen molar-refractivity contribution in [3.63, 3.8) is 0 Å². The Kier molecular flexibility index (Phi) is 6.21. The van der Waals surface area contributed by atoms with Crippen molar-refractivity contribution in [1.82, 2.24) is 0 Å². The van der Waals surface area contributed by atoms with Crippen LogP contribution in [-0.4, -0.2) is 0 Å². The van der Waals surface area contributed by atoms with Gasteiger partial charge >= 0.3 is 6.18 Å². The van der Waals surface area contributed by atoms with E-state index in [-0.39, 0.29) is 5.56 Å². The van der Waals surface area contributed by atoms with Gasteiger partial charge in [0.25, 0.3) is 0 Å². The molecule has 0 atom stereocenters. The van der Waals surface area contributed by atoms with Gasteiger partial charge in [0.05, 0.1) is 11.1 Å². The van der Waals surface area contributed by atoms with E-state index < -0.39 is 34.8 Å². The van der Waals surface area contributed by atoms with Gasteiger partial charge in [-0.2, -0.15) is 13.2 Å². The third-order valence-electron chi connectivity index (χ3n) is 4.47. The Bertz CT molecular complexity index is 1090. The smallest absolute Gasteiger partial charge is 0.206 e. The summed E-state index contributed by atoms with van der Waals surface area (Å²) in [6.07, 6.45) is -2.94. The Morgan fingerprint density at radius 1 is 0.733 bits per heavy atom. The highest BCUT2D eigenvalue weighted by atomic mass is 19.4. The number of benzene rings is 3. The summed E-state index contributed by atoms with van der Waals surface area (Å²) in [5.41, 5.74) is -0.0131. The average molecular weight is 418 g/mol. The molecule has 0 nitrogen and oxygen atoms in total. The summed E-state index contributed by atoms with van der Waals surface area (Å²) in [5, 5.41) is 0. The molecule has 0 aromatic heterocycles. The quantitative estimate of drug-likeness (QED) is 0.313. The number of aryl methyl sites for hydroxylation is 1. The van der Waals surface area contributed by atoms with Crippen molar-refractivity contribution in [1.29, 1.82) is 0 Å². The van der Waals surface area contributed by atoms with E-state index in [9.17, 15) is 26.3 Å². The lowest BCUT2D eigenvalue weighted by Gasteiger charge is -2.07. The molecule has 0 aliphatic heterocycles. The molecule has 0 saturated heterocycles. The van der Waals surface area contributed by atoms with E-state index in [4.69, 9.17) is 0 Å². The van der Waals surface area contributed by atoms with Crippen molar-refractivity contribution in [2.75, 3.05) is 0 Å². The van der Waals surface area contributed by atoms with Crippen LogP contribution in [0.3, 0.4) is 0 Å². The molecular weight excluding hydrogens is 402 g/mol. The number of hydrogen-bond acceptors (Lipinski definition) is 0. The number of halogens is 6. The van der Waals surface area contributed by atoms with Gasteiger partial charge in [0.15, 0.2) is 0 Å². The van der Waals surface area contributed by atoms with Crippen molar-refractivity contribution in [2.24, 2.45) is 0 Å². The van der Waals surface area contributed by atoms with Crippen LogP contribution in [0, 0.1) is 29.3 Å². The second-order valence-corrected chi connectivity index (χ2v) is 6.70. The Balaban J connectivity index is 1.89. The maximum absolute atomic E-state index is 14.4. The zero-order valence-electron chi connectivity index (χ0n) is 15.9. The SMILES string of the molecule is CCCc1ccc(-c2cc(F)c(C#Cc3ccc(C(F)(F)F)c(F)c3)c(F)c2)cc1. The van der Waals surface area contributed by atoms with Gasteiger partial charge in [-0.25, -0.2) is 13.2 Å². The van der Waals surface area contributed by atoms with Crippen LogP contribution in [0.25, 0.3) is 11.1 Å². The summed E-state index contributed by atoms with van der Waals surface area (Å²) in [7, 11) is 0. The standard InChI is InChI=1S/C24H16F6/c1-2-3-15-4-8-17(9-5-15)18-13-21(25)19(22(26)14-18)10-6-16-7-11-20(23(27)12-16)24(28,29)30/h4-5,7-9,11-14H,2-3H2,1H3. The summed E-state index contributed by atoms with van der Waals surface area (Å²) in [5.74, 6) is 1.21. The first-order valence-corrected chi connectivity index (χ1v) is 9.16. The number of rotatable bonds is 3. The predicted octanol–water partition coefficient (Wildman–Crippen LogP) is 7.14. The average Bonchev–Trinajstić information content (AvgIpc) is 2.67. The summed E-state index contributed by atoms with van der Waals surface area (Å²) < 4.78 is 80.3. The van der Waals surface area contributed by atoms with Crippen LogP contribution in [0.5, 0.6) is 0 Å². The van der Waals surface area contributed by atoms with Gasteiger partial charge in [-0.05, 0) is 53.4 Å². The first kappa shape index (κ1) is 21.5. The lowest BCUT2D eigenvalue weighted by atomic mass is 10.0. The zero-order valence-corrected chi connectivity index (χ0v) is 15.9. The first-order valence-electron chi connectivity index (χ1n) is 9.16. The van der Waals surface area contributed by atoms with Crippen LogP contribution in [0.4, 0.5) is 26.3 Å². The van der Waals surface area contributed by atoms with Crippen molar-refractivity contribution in [2.45, 2.75) is 25.9 Å². The Labute approximate surface area is 170 Å². The minimum absolute atomic E-state index is 0.130. The molecule has 3 aromatic carbocycles. The van der Waals surface area contributed by atoms with E-state index in [2.05, 4.69) is 18.8 Å². The largest absolute Gasteiger partial charge is 0.419 e. The van der Waals surface area contributed by atoms with E-state index in [0.717, 1.165) is 36.6 Å². The van der Waals surface area contributed by atoms with Crippen molar-refractivity contribution < 1.29 is 26.3 Å². The van der Waals surface area contributed by atoms with Crippen LogP contribution in [-0.2, 0) is 12.6 Å². The molecule has 154 valence electrons. The van der Waals surface area contributed by atoms with E-state index >= 15 is 0 Å². The van der Waals surface area contributed by atoms with E-state index in [1.165, 1.54) is 0 Å². The fourth-order valence-corrected chi connectivity index (χ4v) is 2.97. The second-order valence-electron chi connectivity index (χ2n) is 6.70. The van der Waals surface area contributed by atoms with Gasteiger partial charge in [-0.15, -0.1) is 0 Å². The van der Waals surface area contributed by atoms with Gasteiger partial charge in [-0.1, -0.05) is 49.5 Å². The van der Waals surface area contributed by atoms with Crippen LogP contribution in [0.2, 0.25) is 0 Å². The number of alkyl halides is 3. The molecule has 0 radical (unpaired) electrons. The monoisotopic (exact) mass is 418 g/mol. The zero-order chi connectivity index (χ0) is 21.9. The Morgan fingerprint density at radius 3 is 1.90 bits per heavy atom. The van der Waals surface area contributed by atoms with Gasteiger partial charge < -0.3 is 0 Å². The van der Waals surface area contributed by atoms with Crippen molar-refractivity contribution in [3.05, 3.63) is 94.3 Å². The third kappa shape index (κ3) is 4.85. The highest BCUT2D eigenvalue weighted by Gasteiger charge is 2.33.